The van der Waals surface area contributed by atoms with Crippen molar-refractivity contribution in [3.05, 3.63) is 0 Å². The zero-order chi connectivity index (χ0) is 11.5. The first-order valence-electron chi connectivity index (χ1n) is 6.11. The Labute approximate surface area is 96.4 Å². The van der Waals surface area contributed by atoms with Crippen LogP contribution in [0.15, 0.2) is 0 Å². The largest absolute Gasteiger partial charge is 0.368 e. The fraction of sp³-hybridized carbons (Fsp3) is 0.818. The number of hydrogen-bond acceptors (Lipinski definition) is 4. The molecule has 16 heavy (non-hydrogen) atoms. The molecule has 1 aliphatic rings. The molecule has 0 atom stereocenters. The number of nitrogens with zero attached hydrogens (tertiary/aromatic N) is 3. The number of aromatic amines is 1. The van der Waals surface area contributed by atoms with Crippen LogP contribution in [-0.4, -0.2) is 28.3 Å². The zero-order valence-corrected chi connectivity index (χ0v) is 10.1. The second-order valence-corrected chi connectivity index (χ2v) is 4.71. The average Bonchev–Trinajstić information content (AvgIpc) is 2.75. The third-order valence-electron chi connectivity index (χ3n) is 3.75. The molecule has 1 aromatic heterocycles. The zero-order valence-electron chi connectivity index (χ0n) is 10.1. The predicted molar refractivity (Wildman–Crippen MR) is 65.2 cm³/mol. The summed E-state index contributed by atoms with van der Waals surface area (Å²) in [4.78, 5) is 6.31. The Morgan fingerprint density at radius 3 is 2.56 bits per heavy atom. The minimum atomic E-state index is 0.393. The molecular formula is C11H21N5. The Bertz CT molecular complexity index is 327. The van der Waals surface area contributed by atoms with Crippen LogP contribution in [0.3, 0.4) is 0 Å². The van der Waals surface area contributed by atoms with Gasteiger partial charge in [-0.25, -0.2) is 5.10 Å². The molecule has 3 N–H and O–H groups in total. The van der Waals surface area contributed by atoms with Crippen LogP contribution < -0.4 is 10.6 Å². The first-order chi connectivity index (χ1) is 7.70. The van der Waals surface area contributed by atoms with Crippen molar-refractivity contribution >= 4 is 11.9 Å². The molecule has 0 saturated heterocycles. The minimum absolute atomic E-state index is 0.393. The maximum absolute atomic E-state index is 5.53. The second kappa shape index (κ2) is 4.72. The molecule has 0 radical (unpaired) electrons. The molecule has 0 spiro atoms. The van der Waals surface area contributed by atoms with E-state index >= 15 is 0 Å². The predicted octanol–water partition coefficient (Wildman–Crippen LogP) is 1.79. The number of anilines is 2. The molecule has 0 aromatic carbocycles. The highest BCUT2D eigenvalue weighted by Crippen LogP contribution is 2.30. The van der Waals surface area contributed by atoms with Gasteiger partial charge in [-0.3, -0.25) is 0 Å². The lowest BCUT2D eigenvalue weighted by atomic mass is 9.84. The third kappa shape index (κ3) is 2.28. The summed E-state index contributed by atoms with van der Waals surface area (Å²) in [6.45, 7) is 2.28. The SMILES string of the molecule is CCC1CCC(N(C)c2n[nH]c(N)n2)CC1. The number of nitrogens with one attached hydrogen (secondary N) is 1. The van der Waals surface area contributed by atoms with Crippen molar-refractivity contribution in [3.8, 4) is 0 Å². The lowest BCUT2D eigenvalue weighted by molar-refractivity contribution is 0.312. The summed E-state index contributed by atoms with van der Waals surface area (Å²) in [6.07, 6.45) is 6.44. The Kier molecular flexibility index (Phi) is 3.31. The highest BCUT2D eigenvalue weighted by Gasteiger charge is 2.24. The fourth-order valence-corrected chi connectivity index (χ4v) is 2.53. The van der Waals surface area contributed by atoms with E-state index < -0.39 is 0 Å². The van der Waals surface area contributed by atoms with Gasteiger partial charge in [-0.15, -0.1) is 5.10 Å². The van der Waals surface area contributed by atoms with Crippen LogP contribution in [0.25, 0.3) is 0 Å². The maximum Gasteiger partial charge on any atom is 0.246 e. The van der Waals surface area contributed by atoms with Crippen LogP contribution in [0.5, 0.6) is 0 Å². The van der Waals surface area contributed by atoms with E-state index in [4.69, 9.17) is 5.73 Å². The molecule has 0 amide bonds. The topological polar surface area (TPSA) is 70.8 Å². The van der Waals surface area contributed by atoms with E-state index in [-0.39, 0.29) is 0 Å². The number of hydrogen-bond donors (Lipinski definition) is 2. The van der Waals surface area contributed by atoms with Crippen molar-refractivity contribution in [2.24, 2.45) is 5.92 Å². The summed E-state index contributed by atoms with van der Waals surface area (Å²) < 4.78 is 0. The van der Waals surface area contributed by atoms with E-state index in [1.807, 2.05) is 0 Å². The lowest BCUT2D eigenvalue weighted by Gasteiger charge is -2.33. The van der Waals surface area contributed by atoms with Crippen LogP contribution in [0, 0.1) is 5.92 Å². The van der Waals surface area contributed by atoms with Crippen LogP contribution >= 0.6 is 0 Å². The van der Waals surface area contributed by atoms with Gasteiger partial charge in [0.1, 0.15) is 0 Å². The molecule has 5 heteroatoms. The standard InChI is InChI=1S/C11H21N5/c1-3-8-4-6-9(7-5-8)16(2)11-13-10(12)14-15-11/h8-9H,3-7H2,1-2H3,(H3,12,13,14,15). The highest BCUT2D eigenvalue weighted by atomic mass is 15.4. The molecule has 90 valence electrons. The summed E-state index contributed by atoms with van der Waals surface area (Å²) >= 11 is 0. The van der Waals surface area contributed by atoms with Gasteiger partial charge < -0.3 is 10.6 Å². The van der Waals surface area contributed by atoms with E-state index in [1.54, 1.807) is 0 Å². The Morgan fingerprint density at radius 2 is 2.06 bits per heavy atom. The fourth-order valence-electron chi connectivity index (χ4n) is 2.53. The molecule has 5 nitrogen and oxygen atoms in total. The van der Waals surface area contributed by atoms with E-state index in [0.29, 0.717) is 12.0 Å². The molecule has 1 heterocycles. The molecule has 0 aliphatic heterocycles. The van der Waals surface area contributed by atoms with Crippen molar-refractivity contribution in [2.75, 3.05) is 17.7 Å². The van der Waals surface area contributed by atoms with Crippen LogP contribution in [-0.2, 0) is 0 Å². The molecule has 1 fully saturated rings. The Hall–Kier alpha value is -1.26. The van der Waals surface area contributed by atoms with E-state index in [0.717, 1.165) is 11.9 Å². The van der Waals surface area contributed by atoms with Crippen LogP contribution in [0.1, 0.15) is 39.0 Å². The normalized spacial score (nSPS) is 25.6. The number of aromatic nitrogens is 3. The van der Waals surface area contributed by atoms with Crippen molar-refractivity contribution in [1.29, 1.82) is 0 Å². The van der Waals surface area contributed by atoms with Crippen molar-refractivity contribution in [3.63, 3.8) is 0 Å². The monoisotopic (exact) mass is 223 g/mol. The van der Waals surface area contributed by atoms with Gasteiger partial charge in [-0.1, -0.05) is 13.3 Å². The van der Waals surface area contributed by atoms with Gasteiger partial charge in [0.15, 0.2) is 0 Å². The molecule has 0 unspecified atom stereocenters. The molecule has 2 rings (SSSR count). The van der Waals surface area contributed by atoms with E-state index in [2.05, 4.69) is 34.1 Å². The number of rotatable bonds is 3. The maximum atomic E-state index is 5.53. The molecule has 1 aliphatic carbocycles. The summed E-state index contributed by atoms with van der Waals surface area (Å²) in [5.41, 5.74) is 5.53. The first kappa shape index (κ1) is 11.2. The quantitative estimate of drug-likeness (QED) is 0.819. The Morgan fingerprint density at radius 1 is 1.38 bits per heavy atom. The second-order valence-electron chi connectivity index (χ2n) is 4.71. The van der Waals surface area contributed by atoms with Gasteiger partial charge in [-0.05, 0) is 31.6 Å². The van der Waals surface area contributed by atoms with Gasteiger partial charge in [-0.2, -0.15) is 4.98 Å². The number of nitrogens with two attached hydrogens (primary N) is 1. The third-order valence-corrected chi connectivity index (χ3v) is 3.75. The van der Waals surface area contributed by atoms with Crippen LogP contribution in [0.2, 0.25) is 0 Å². The number of nitrogen functional groups attached to an aromatic ring is 1. The number of H-pyrrole nitrogens is 1. The minimum Gasteiger partial charge on any atom is -0.368 e. The Balaban J connectivity index is 1.93. The van der Waals surface area contributed by atoms with Gasteiger partial charge >= 0.3 is 0 Å². The average molecular weight is 223 g/mol. The molecule has 0 bridgehead atoms. The summed E-state index contributed by atoms with van der Waals surface area (Å²) in [5.74, 6) is 2.03. The van der Waals surface area contributed by atoms with Crippen molar-refractivity contribution < 1.29 is 0 Å². The van der Waals surface area contributed by atoms with Crippen molar-refractivity contribution in [1.82, 2.24) is 15.2 Å². The summed E-state index contributed by atoms with van der Waals surface area (Å²) in [6, 6.07) is 0.568. The van der Waals surface area contributed by atoms with Crippen LogP contribution in [0.4, 0.5) is 11.9 Å². The van der Waals surface area contributed by atoms with Gasteiger partial charge in [0, 0.05) is 13.1 Å². The van der Waals surface area contributed by atoms with Gasteiger partial charge in [0.05, 0.1) is 0 Å². The van der Waals surface area contributed by atoms with E-state index in [1.165, 1.54) is 32.1 Å². The highest BCUT2D eigenvalue weighted by molar-refractivity contribution is 5.34. The molecule has 1 aromatic rings. The summed E-state index contributed by atoms with van der Waals surface area (Å²) in [5, 5.41) is 6.78. The smallest absolute Gasteiger partial charge is 0.246 e. The van der Waals surface area contributed by atoms with Crippen molar-refractivity contribution in [2.45, 2.75) is 45.1 Å². The molecular weight excluding hydrogens is 202 g/mol. The molecule has 1 saturated carbocycles. The van der Waals surface area contributed by atoms with E-state index in [9.17, 15) is 0 Å². The van der Waals surface area contributed by atoms with Gasteiger partial charge in [0.2, 0.25) is 11.9 Å². The first-order valence-corrected chi connectivity index (χ1v) is 6.11. The lowest BCUT2D eigenvalue weighted by Crippen LogP contribution is -2.35. The summed E-state index contributed by atoms with van der Waals surface area (Å²) in [7, 11) is 2.06. The van der Waals surface area contributed by atoms with Gasteiger partial charge in [0.25, 0.3) is 0 Å².